The Morgan fingerprint density at radius 2 is 2.23 bits per heavy atom. The van der Waals surface area contributed by atoms with E-state index in [-0.39, 0.29) is 23.7 Å². The van der Waals surface area contributed by atoms with Crippen LogP contribution in [0.15, 0.2) is 41.1 Å². The summed E-state index contributed by atoms with van der Waals surface area (Å²) < 4.78 is 10.2. The van der Waals surface area contributed by atoms with Crippen LogP contribution in [0, 0.1) is 0 Å². The quantitative estimate of drug-likeness (QED) is 0.836. The summed E-state index contributed by atoms with van der Waals surface area (Å²) in [6.45, 7) is 0.953. The Balaban J connectivity index is 2.20. The van der Waals surface area contributed by atoms with E-state index in [0.717, 1.165) is 0 Å². The number of ether oxygens (including phenoxy) is 1. The van der Waals surface area contributed by atoms with Gasteiger partial charge >= 0.3 is 5.97 Å². The second-order valence-corrected chi connectivity index (χ2v) is 4.53. The van der Waals surface area contributed by atoms with Gasteiger partial charge in [0.05, 0.1) is 25.0 Å². The van der Waals surface area contributed by atoms with Crippen molar-refractivity contribution in [3.63, 3.8) is 0 Å². The summed E-state index contributed by atoms with van der Waals surface area (Å²) >= 11 is 0. The number of furan rings is 1. The van der Waals surface area contributed by atoms with Gasteiger partial charge in [-0.3, -0.25) is 9.78 Å². The van der Waals surface area contributed by atoms with Crippen LogP contribution in [0.4, 0.5) is 0 Å². The Morgan fingerprint density at radius 1 is 1.41 bits per heavy atom. The van der Waals surface area contributed by atoms with Crippen molar-refractivity contribution in [2.24, 2.45) is 0 Å². The van der Waals surface area contributed by atoms with E-state index >= 15 is 0 Å². The van der Waals surface area contributed by atoms with E-state index in [1.165, 1.54) is 29.5 Å². The van der Waals surface area contributed by atoms with E-state index in [0.29, 0.717) is 18.9 Å². The Bertz CT molecular complexity index is 639. The number of hydrogen-bond donors (Lipinski definition) is 1. The molecular weight excluding hydrogens is 288 g/mol. The highest BCUT2D eigenvalue weighted by atomic mass is 16.5. The predicted molar refractivity (Wildman–Crippen MR) is 76.5 cm³/mol. The van der Waals surface area contributed by atoms with Crippen LogP contribution < -0.4 is 0 Å². The Hall–Kier alpha value is -2.67. The largest absolute Gasteiger partial charge is 0.478 e. The third kappa shape index (κ3) is 3.92. The number of nitrogens with zero attached hydrogens (tertiary/aromatic N) is 2. The smallest absolute Gasteiger partial charge is 0.335 e. The van der Waals surface area contributed by atoms with Crippen molar-refractivity contribution in [1.29, 1.82) is 0 Å². The van der Waals surface area contributed by atoms with Crippen LogP contribution in [0.1, 0.15) is 26.6 Å². The molecule has 0 saturated carbocycles. The predicted octanol–water partition coefficient (Wildman–Crippen LogP) is 1.66. The molecule has 0 bridgehead atoms. The summed E-state index contributed by atoms with van der Waals surface area (Å²) in [6.07, 6.45) is 2.83. The van der Waals surface area contributed by atoms with Crippen LogP contribution in [0.3, 0.4) is 0 Å². The lowest BCUT2D eigenvalue weighted by molar-refractivity contribution is 0.0660. The summed E-state index contributed by atoms with van der Waals surface area (Å²) in [5.74, 6) is -0.860. The fourth-order valence-corrected chi connectivity index (χ4v) is 1.89. The van der Waals surface area contributed by atoms with Gasteiger partial charge in [-0.15, -0.1) is 0 Å². The number of aromatic nitrogens is 1. The Morgan fingerprint density at radius 3 is 2.86 bits per heavy atom. The number of methoxy groups -OCH3 is 1. The molecule has 1 amide bonds. The maximum absolute atomic E-state index is 12.5. The first kappa shape index (κ1) is 15.7. The number of carboxylic acid groups (broad SMARTS) is 1. The maximum atomic E-state index is 12.5. The average molecular weight is 304 g/mol. The summed E-state index contributed by atoms with van der Waals surface area (Å²) in [5.41, 5.74) is 0.0885. The van der Waals surface area contributed by atoms with Crippen LogP contribution in [-0.4, -0.2) is 47.1 Å². The highest BCUT2D eigenvalue weighted by molar-refractivity contribution is 5.95. The Kier molecular flexibility index (Phi) is 5.26. The molecule has 0 aliphatic heterocycles. The number of amides is 1. The zero-order chi connectivity index (χ0) is 15.9. The van der Waals surface area contributed by atoms with E-state index in [4.69, 9.17) is 14.3 Å². The van der Waals surface area contributed by atoms with Gasteiger partial charge in [0, 0.05) is 19.9 Å². The third-order valence-electron chi connectivity index (χ3n) is 3.01. The van der Waals surface area contributed by atoms with E-state index in [9.17, 15) is 9.59 Å². The van der Waals surface area contributed by atoms with E-state index in [1.54, 1.807) is 19.2 Å². The normalized spacial score (nSPS) is 10.4. The van der Waals surface area contributed by atoms with Crippen LogP contribution in [0.5, 0.6) is 0 Å². The highest BCUT2D eigenvalue weighted by Gasteiger charge is 2.19. The van der Waals surface area contributed by atoms with Gasteiger partial charge in [-0.2, -0.15) is 0 Å². The molecule has 0 aliphatic carbocycles. The van der Waals surface area contributed by atoms with Crippen molar-refractivity contribution in [2.45, 2.75) is 6.54 Å². The Labute approximate surface area is 127 Å². The SMILES string of the molecule is COCCN(Cc1ccco1)C(=O)c1cc(C(=O)O)ccn1. The monoisotopic (exact) mass is 304 g/mol. The minimum atomic E-state index is -1.11. The number of pyridine rings is 1. The van der Waals surface area contributed by atoms with Gasteiger partial charge in [0.25, 0.3) is 5.91 Å². The molecule has 0 aliphatic rings. The van der Waals surface area contributed by atoms with Crippen molar-refractivity contribution in [3.05, 3.63) is 53.7 Å². The van der Waals surface area contributed by atoms with E-state index < -0.39 is 5.97 Å². The lowest BCUT2D eigenvalue weighted by atomic mass is 10.2. The molecule has 2 heterocycles. The molecule has 2 rings (SSSR count). The summed E-state index contributed by atoms with van der Waals surface area (Å²) in [7, 11) is 1.54. The van der Waals surface area contributed by atoms with Crippen LogP contribution in [0.25, 0.3) is 0 Å². The molecule has 2 aromatic heterocycles. The van der Waals surface area contributed by atoms with Gasteiger partial charge in [0.1, 0.15) is 11.5 Å². The first-order valence-corrected chi connectivity index (χ1v) is 6.61. The zero-order valence-electron chi connectivity index (χ0n) is 12.1. The van der Waals surface area contributed by atoms with Gasteiger partial charge in [-0.25, -0.2) is 4.79 Å². The molecule has 0 fully saturated rings. The lowest BCUT2D eigenvalue weighted by Crippen LogP contribution is -2.34. The van der Waals surface area contributed by atoms with Crippen molar-refractivity contribution in [3.8, 4) is 0 Å². The fraction of sp³-hybridized carbons (Fsp3) is 0.267. The molecule has 0 aromatic carbocycles. The second kappa shape index (κ2) is 7.37. The molecule has 1 N–H and O–H groups in total. The topological polar surface area (TPSA) is 92.9 Å². The molecule has 0 radical (unpaired) electrons. The zero-order valence-corrected chi connectivity index (χ0v) is 12.1. The first-order chi connectivity index (χ1) is 10.6. The molecular formula is C15H16N2O5. The number of rotatable bonds is 7. The minimum Gasteiger partial charge on any atom is -0.478 e. The average Bonchev–Trinajstić information content (AvgIpc) is 3.04. The van der Waals surface area contributed by atoms with Gasteiger partial charge in [-0.1, -0.05) is 0 Å². The van der Waals surface area contributed by atoms with Crippen molar-refractivity contribution in [1.82, 2.24) is 9.88 Å². The first-order valence-electron chi connectivity index (χ1n) is 6.61. The molecule has 0 atom stereocenters. The van der Waals surface area contributed by atoms with E-state index in [1.807, 2.05) is 0 Å². The molecule has 116 valence electrons. The number of carboxylic acids is 1. The van der Waals surface area contributed by atoms with Gasteiger partial charge < -0.3 is 19.2 Å². The molecule has 7 nitrogen and oxygen atoms in total. The van der Waals surface area contributed by atoms with Crippen LogP contribution in [-0.2, 0) is 11.3 Å². The molecule has 0 unspecified atom stereocenters. The molecule has 2 aromatic rings. The molecule has 0 spiro atoms. The second-order valence-electron chi connectivity index (χ2n) is 4.53. The van der Waals surface area contributed by atoms with Crippen LogP contribution >= 0.6 is 0 Å². The minimum absolute atomic E-state index is 0.0167. The van der Waals surface area contributed by atoms with Crippen molar-refractivity contribution < 1.29 is 23.8 Å². The van der Waals surface area contributed by atoms with Crippen LogP contribution in [0.2, 0.25) is 0 Å². The molecule has 0 saturated heterocycles. The highest BCUT2D eigenvalue weighted by Crippen LogP contribution is 2.10. The third-order valence-corrected chi connectivity index (χ3v) is 3.01. The van der Waals surface area contributed by atoms with E-state index in [2.05, 4.69) is 4.98 Å². The standard InChI is InChI=1S/C15H16N2O5/c1-21-8-6-17(10-12-3-2-7-22-12)14(18)13-9-11(15(19)20)4-5-16-13/h2-5,7,9H,6,8,10H2,1H3,(H,19,20). The number of hydrogen-bond acceptors (Lipinski definition) is 5. The van der Waals surface area contributed by atoms with Crippen molar-refractivity contribution in [2.75, 3.05) is 20.3 Å². The maximum Gasteiger partial charge on any atom is 0.335 e. The van der Waals surface area contributed by atoms with Gasteiger partial charge in [0.2, 0.25) is 0 Å². The molecule has 7 heteroatoms. The lowest BCUT2D eigenvalue weighted by Gasteiger charge is -2.21. The molecule has 22 heavy (non-hydrogen) atoms. The van der Waals surface area contributed by atoms with Crippen molar-refractivity contribution >= 4 is 11.9 Å². The van der Waals surface area contributed by atoms with Gasteiger partial charge in [0.15, 0.2) is 0 Å². The number of carbonyl (C=O) groups excluding carboxylic acids is 1. The summed E-state index contributed by atoms with van der Waals surface area (Å²) in [5, 5.41) is 8.99. The summed E-state index contributed by atoms with van der Waals surface area (Å²) in [4.78, 5) is 29.0. The van der Waals surface area contributed by atoms with Gasteiger partial charge in [-0.05, 0) is 24.3 Å². The fourth-order valence-electron chi connectivity index (χ4n) is 1.89. The summed E-state index contributed by atoms with van der Waals surface area (Å²) in [6, 6.07) is 6.09. The number of aromatic carboxylic acids is 1. The number of carbonyl (C=O) groups is 2.